The van der Waals surface area contributed by atoms with E-state index in [4.69, 9.17) is 0 Å². The van der Waals surface area contributed by atoms with Gasteiger partial charge in [-0.1, -0.05) is 72.8 Å². The zero-order valence-corrected chi connectivity index (χ0v) is 25.8. The van der Waals surface area contributed by atoms with Gasteiger partial charge in [0.25, 0.3) is 5.69 Å². The maximum Gasteiger partial charge on any atom is 0.269 e. The van der Waals surface area contributed by atoms with Crippen LogP contribution < -0.4 is 5.32 Å². The zero-order valence-electron chi connectivity index (χ0n) is 25.8. The molecule has 1 atom stereocenters. The number of rotatable bonds is 10. The first-order valence-corrected chi connectivity index (χ1v) is 15.9. The number of carbonyl (C=O) groups excluding carboxylic acids is 2. The number of piperidine rings is 1. The molecule has 0 aromatic heterocycles. The molecule has 3 aromatic rings. The quantitative estimate of drug-likeness (QED) is 0.162. The smallest absolute Gasteiger partial charge is 0.269 e. The topological polar surface area (TPSA) is 95.8 Å². The summed E-state index contributed by atoms with van der Waals surface area (Å²) >= 11 is 0. The van der Waals surface area contributed by atoms with Crippen LogP contribution in [0.3, 0.4) is 0 Å². The number of nitro groups is 1. The molecule has 2 aliphatic heterocycles. The van der Waals surface area contributed by atoms with E-state index in [-0.39, 0.29) is 16.9 Å². The molecule has 1 aliphatic carbocycles. The summed E-state index contributed by atoms with van der Waals surface area (Å²) in [6.07, 6.45) is 5.69. The van der Waals surface area contributed by atoms with Gasteiger partial charge in [-0.3, -0.25) is 19.7 Å². The molecular weight excluding hydrogens is 564 g/mol. The molecule has 232 valence electrons. The molecule has 8 nitrogen and oxygen atoms in total. The number of ketones is 1. The summed E-state index contributed by atoms with van der Waals surface area (Å²) in [6.45, 7) is 5.25. The third-order valence-electron chi connectivity index (χ3n) is 9.85. The van der Waals surface area contributed by atoms with E-state index in [9.17, 15) is 19.7 Å². The van der Waals surface area contributed by atoms with Gasteiger partial charge >= 0.3 is 0 Å². The highest BCUT2D eigenvalue weighted by atomic mass is 16.6. The second kappa shape index (κ2) is 13.2. The maximum atomic E-state index is 13.3. The highest BCUT2D eigenvalue weighted by molar-refractivity contribution is 5.99. The third-order valence-corrected chi connectivity index (χ3v) is 9.85. The molecule has 0 bridgehead atoms. The minimum atomic E-state index is -0.451. The van der Waals surface area contributed by atoms with Gasteiger partial charge in [0.2, 0.25) is 6.41 Å². The van der Waals surface area contributed by atoms with Gasteiger partial charge in [0.1, 0.15) is 0 Å². The highest BCUT2D eigenvalue weighted by Crippen LogP contribution is 2.44. The number of nitrogens with one attached hydrogen (secondary N) is 1. The Morgan fingerprint density at radius 2 is 1.58 bits per heavy atom. The van der Waals surface area contributed by atoms with Crippen molar-refractivity contribution in [3.8, 4) is 0 Å². The molecule has 0 radical (unpaired) electrons. The lowest BCUT2D eigenvalue weighted by molar-refractivity contribution is -0.384. The number of hydrogen-bond donors (Lipinski definition) is 1. The number of Topliss-reactive ketones (excluding diaryl/α,β-unsaturated/α-hetero) is 1. The van der Waals surface area contributed by atoms with E-state index >= 15 is 0 Å². The fraction of sp³-hybridized carbons (Fsp3) is 0.351. The van der Waals surface area contributed by atoms with Gasteiger partial charge in [0.05, 0.1) is 16.5 Å². The van der Waals surface area contributed by atoms with Crippen molar-refractivity contribution in [2.45, 2.75) is 56.8 Å². The highest BCUT2D eigenvalue weighted by Gasteiger charge is 2.39. The first-order valence-electron chi connectivity index (χ1n) is 15.9. The number of dihydropyridines is 1. The monoisotopic (exact) mass is 604 g/mol. The van der Waals surface area contributed by atoms with Crippen molar-refractivity contribution in [1.29, 1.82) is 0 Å². The van der Waals surface area contributed by atoms with E-state index < -0.39 is 10.8 Å². The first-order chi connectivity index (χ1) is 21.9. The SMILES string of the molecule is CC1=C(N(C=O)CCCN2CCC(c3ccccc3)(c3ccccc3)CC2)C(c2ccc([N+](=O)[O-])cc2)C2=C(CCCC2=O)N1. The van der Waals surface area contributed by atoms with E-state index in [0.717, 1.165) is 80.8 Å². The van der Waals surface area contributed by atoms with Gasteiger partial charge in [-0.2, -0.15) is 0 Å². The lowest BCUT2D eigenvalue weighted by atomic mass is 9.68. The number of nitro benzene ring substituents is 1. The number of non-ortho nitro benzene ring substituents is 1. The lowest BCUT2D eigenvalue weighted by Gasteiger charge is -2.43. The van der Waals surface area contributed by atoms with Crippen molar-refractivity contribution >= 4 is 17.9 Å². The number of amides is 1. The number of hydrogen-bond acceptors (Lipinski definition) is 6. The molecule has 2 heterocycles. The summed E-state index contributed by atoms with van der Waals surface area (Å²) in [5.74, 6) is -0.385. The first kappa shape index (κ1) is 30.5. The fourth-order valence-corrected chi connectivity index (χ4v) is 7.58. The summed E-state index contributed by atoms with van der Waals surface area (Å²) in [6, 6.07) is 28.0. The molecule has 0 spiro atoms. The minimum absolute atomic E-state index is 0.00330. The number of allylic oxidation sites excluding steroid dienone is 3. The van der Waals surface area contributed by atoms with Crippen LogP contribution in [0.4, 0.5) is 5.69 Å². The van der Waals surface area contributed by atoms with Crippen LogP contribution in [-0.2, 0) is 15.0 Å². The zero-order chi connectivity index (χ0) is 31.4. The number of likely N-dealkylation sites (tertiary alicyclic amines) is 1. The van der Waals surface area contributed by atoms with Crippen molar-refractivity contribution in [3.63, 3.8) is 0 Å². The van der Waals surface area contributed by atoms with Crippen molar-refractivity contribution in [2.75, 3.05) is 26.2 Å². The molecule has 1 unspecified atom stereocenters. The maximum absolute atomic E-state index is 13.3. The van der Waals surface area contributed by atoms with Crippen LogP contribution in [0.25, 0.3) is 0 Å². The Morgan fingerprint density at radius 1 is 0.956 bits per heavy atom. The van der Waals surface area contributed by atoms with Gasteiger partial charge in [-0.25, -0.2) is 0 Å². The van der Waals surface area contributed by atoms with E-state index in [0.29, 0.717) is 18.5 Å². The second-order valence-corrected chi connectivity index (χ2v) is 12.4. The van der Waals surface area contributed by atoms with Crippen LogP contribution in [0.5, 0.6) is 0 Å². The van der Waals surface area contributed by atoms with Crippen molar-refractivity contribution in [1.82, 2.24) is 15.1 Å². The fourth-order valence-electron chi connectivity index (χ4n) is 7.58. The number of nitrogens with zero attached hydrogens (tertiary/aromatic N) is 3. The van der Waals surface area contributed by atoms with Gasteiger partial charge < -0.3 is 15.1 Å². The molecule has 3 aliphatic rings. The molecule has 0 saturated carbocycles. The van der Waals surface area contributed by atoms with Gasteiger partial charge in [0.15, 0.2) is 5.78 Å². The lowest BCUT2D eigenvalue weighted by Crippen LogP contribution is -2.44. The molecular formula is C37H40N4O4. The Hall–Kier alpha value is -4.56. The Balaban J connectivity index is 1.18. The Bertz CT molecular complexity index is 1570. The summed E-state index contributed by atoms with van der Waals surface area (Å²) in [5.41, 5.74) is 6.64. The number of carbonyl (C=O) groups is 2. The molecule has 1 N–H and O–H groups in total. The molecule has 1 fully saturated rings. The average Bonchev–Trinajstić information content (AvgIpc) is 3.08. The van der Waals surface area contributed by atoms with Crippen LogP contribution in [0.1, 0.15) is 68.1 Å². The minimum Gasteiger partial charge on any atom is -0.361 e. The van der Waals surface area contributed by atoms with E-state index in [1.165, 1.54) is 23.3 Å². The summed E-state index contributed by atoms with van der Waals surface area (Å²) in [5, 5.41) is 14.8. The van der Waals surface area contributed by atoms with Crippen molar-refractivity contribution in [3.05, 3.63) is 134 Å². The largest absolute Gasteiger partial charge is 0.361 e. The normalized spacial score (nSPS) is 19.9. The van der Waals surface area contributed by atoms with Gasteiger partial charge in [0, 0.05) is 47.5 Å². The molecule has 1 saturated heterocycles. The van der Waals surface area contributed by atoms with E-state index in [1.54, 1.807) is 17.0 Å². The van der Waals surface area contributed by atoms with Crippen LogP contribution >= 0.6 is 0 Å². The van der Waals surface area contributed by atoms with Crippen molar-refractivity contribution in [2.24, 2.45) is 0 Å². The summed E-state index contributed by atoms with van der Waals surface area (Å²) < 4.78 is 0. The van der Waals surface area contributed by atoms with E-state index in [2.05, 4.69) is 70.9 Å². The molecule has 8 heteroatoms. The van der Waals surface area contributed by atoms with Crippen molar-refractivity contribution < 1.29 is 14.5 Å². The molecule has 1 amide bonds. The number of benzene rings is 3. The predicted octanol–water partition coefficient (Wildman–Crippen LogP) is 6.45. The summed E-state index contributed by atoms with van der Waals surface area (Å²) in [7, 11) is 0. The third kappa shape index (κ3) is 6.07. The molecule has 6 rings (SSSR count). The second-order valence-electron chi connectivity index (χ2n) is 12.4. The molecule has 45 heavy (non-hydrogen) atoms. The summed E-state index contributed by atoms with van der Waals surface area (Å²) in [4.78, 5) is 41.1. The standard InChI is InChI=1S/C37H40N4O4/c1-27-36(34(28-16-18-31(19-17-28)41(44)45)35-32(38-27)14-8-15-33(35)43)40(26-42)23-9-22-39-24-20-37(21-25-39,29-10-4-2-5-11-29)30-12-6-3-7-13-30/h2-7,10-13,16-19,26,34,38H,8-9,14-15,20-25H2,1H3. The Kier molecular flexibility index (Phi) is 8.94. The van der Waals surface area contributed by atoms with E-state index in [1.807, 2.05) is 6.92 Å². The van der Waals surface area contributed by atoms with Gasteiger partial charge in [-0.05, 0) is 75.4 Å². The van der Waals surface area contributed by atoms with Gasteiger partial charge in [-0.15, -0.1) is 0 Å². The van der Waals surface area contributed by atoms with Crippen LogP contribution in [-0.4, -0.2) is 53.1 Å². The van der Waals surface area contributed by atoms with Crippen LogP contribution in [0.15, 0.2) is 108 Å². The Morgan fingerprint density at radius 3 is 2.16 bits per heavy atom. The Labute approximate surface area is 264 Å². The average molecular weight is 605 g/mol. The van der Waals surface area contributed by atoms with Crippen LogP contribution in [0.2, 0.25) is 0 Å². The van der Waals surface area contributed by atoms with Crippen LogP contribution in [0, 0.1) is 10.1 Å². The molecule has 3 aromatic carbocycles. The predicted molar refractivity (Wildman–Crippen MR) is 174 cm³/mol.